The number of thiazole rings is 1. The van der Waals surface area contributed by atoms with E-state index in [0.29, 0.717) is 20.7 Å². The number of aliphatic carboxylic acids is 1. The number of amides is 2. The summed E-state index contributed by atoms with van der Waals surface area (Å²) in [6.07, 6.45) is -0.864. The van der Waals surface area contributed by atoms with Gasteiger partial charge in [0.15, 0.2) is 4.34 Å². The van der Waals surface area contributed by atoms with E-state index in [1.165, 1.54) is 30.3 Å². The van der Waals surface area contributed by atoms with Crippen LogP contribution >= 0.6 is 23.1 Å². The lowest BCUT2D eigenvalue weighted by molar-refractivity contribution is -0.163. The van der Waals surface area contributed by atoms with Crippen LogP contribution in [-0.2, 0) is 9.59 Å². The second-order valence-electron chi connectivity index (χ2n) is 7.56. The van der Waals surface area contributed by atoms with E-state index >= 15 is 0 Å². The minimum atomic E-state index is -1.20. The minimum absolute atomic E-state index is 0.0769. The van der Waals surface area contributed by atoms with E-state index in [1.54, 1.807) is 29.6 Å². The molecule has 1 aromatic heterocycles. The SMILES string of the molecule is COc1cccc(NC(=O)c2csc(SC3=C(C(=O)O)N4C(=O)[C@H]([C@@H](C)O)[C@H]4[C@H]3C)n2)c1. The van der Waals surface area contributed by atoms with Gasteiger partial charge in [0.2, 0.25) is 5.91 Å². The number of nitrogens with one attached hydrogen (secondary N) is 1. The summed E-state index contributed by atoms with van der Waals surface area (Å²) in [5, 5.41) is 24.0. The van der Waals surface area contributed by atoms with Crippen LogP contribution in [0.1, 0.15) is 24.3 Å². The van der Waals surface area contributed by atoms with Crippen LogP contribution in [0.5, 0.6) is 5.75 Å². The van der Waals surface area contributed by atoms with Crippen LogP contribution in [0.4, 0.5) is 5.69 Å². The van der Waals surface area contributed by atoms with Crippen LogP contribution in [0.25, 0.3) is 0 Å². The largest absolute Gasteiger partial charge is 0.497 e. The number of fused-ring (bicyclic) bond motifs is 1. The number of aromatic nitrogens is 1. The molecular weight excluding hydrogens is 454 g/mol. The van der Waals surface area contributed by atoms with Crippen LogP contribution < -0.4 is 10.1 Å². The number of rotatable bonds is 7. The zero-order chi connectivity index (χ0) is 23.2. The predicted molar refractivity (Wildman–Crippen MR) is 119 cm³/mol. The number of benzene rings is 1. The van der Waals surface area contributed by atoms with Crippen LogP contribution in [0, 0.1) is 11.8 Å². The highest BCUT2D eigenvalue weighted by atomic mass is 32.2. The maximum Gasteiger partial charge on any atom is 0.353 e. The van der Waals surface area contributed by atoms with Crippen molar-refractivity contribution in [3.8, 4) is 5.75 Å². The third-order valence-corrected chi connectivity index (χ3v) is 7.78. The molecule has 1 saturated heterocycles. The van der Waals surface area contributed by atoms with E-state index in [-0.39, 0.29) is 23.2 Å². The summed E-state index contributed by atoms with van der Waals surface area (Å²) >= 11 is 2.36. The molecule has 0 bridgehead atoms. The fourth-order valence-electron chi connectivity index (χ4n) is 4.06. The lowest BCUT2D eigenvalue weighted by atomic mass is 9.79. The number of carboxylic acids is 1. The molecule has 9 nitrogen and oxygen atoms in total. The highest BCUT2D eigenvalue weighted by molar-refractivity contribution is 8.04. The summed E-state index contributed by atoms with van der Waals surface area (Å²) in [5.74, 6) is -2.29. The van der Waals surface area contributed by atoms with Crippen LogP contribution in [-0.4, -0.2) is 57.1 Å². The number of nitrogens with zero attached hydrogens (tertiary/aromatic N) is 2. The van der Waals surface area contributed by atoms with Crippen molar-refractivity contribution < 1.29 is 29.3 Å². The molecule has 0 aliphatic carbocycles. The first-order valence-electron chi connectivity index (χ1n) is 9.80. The molecule has 0 unspecified atom stereocenters. The number of thioether (sulfide) groups is 1. The lowest BCUT2D eigenvalue weighted by Gasteiger charge is -2.46. The Bertz CT molecular complexity index is 1130. The Morgan fingerprint density at radius 2 is 2.12 bits per heavy atom. The quantitative estimate of drug-likeness (QED) is 0.521. The van der Waals surface area contributed by atoms with Crippen molar-refractivity contribution in [3.63, 3.8) is 0 Å². The number of carboxylic acid groups (broad SMARTS) is 1. The van der Waals surface area contributed by atoms with Crippen LogP contribution in [0.15, 0.2) is 44.6 Å². The van der Waals surface area contributed by atoms with Crippen molar-refractivity contribution in [3.05, 3.63) is 45.9 Å². The van der Waals surface area contributed by atoms with Gasteiger partial charge >= 0.3 is 5.97 Å². The average molecular weight is 476 g/mol. The van der Waals surface area contributed by atoms with Gasteiger partial charge in [-0.25, -0.2) is 9.78 Å². The van der Waals surface area contributed by atoms with Gasteiger partial charge in [0.05, 0.1) is 25.2 Å². The molecule has 2 aliphatic rings. The number of aliphatic hydroxyl groups is 1. The molecule has 0 saturated carbocycles. The van der Waals surface area contributed by atoms with Gasteiger partial charge in [0, 0.05) is 28.0 Å². The molecule has 0 radical (unpaired) electrons. The number of anilines is 1. The zero-order valence-electron chi connectivity index (χ0n) is 17.4. The molecule has 3 N–H and O–H groups in total. The fraction of sp³-hybridized carbons (Fsp3) is 0.333. The maximum absolute atomic E-state index is 12.6. The molecular formula is C21H21N3O6S2. The number of carbonyl (C=O) groups is 3. The lowest BCUT2D eigenvalue weighted by Crippen LogP contribution is -2.63. The van der Waals surface area contributed by atoms with Crippen LogP contribution in [0.3, 0.4) is 0 Å². The first-order chi connectivity index (χ1) is 15.2. The molecule has 32 heavy (non-hydrogen) atoms. The molecule has 4 atom stereocenters. The predicted octanol–water partition coefficient (Wildman–Crippen LogP) is 2.65. The van der Waals surface area contributed by atoms with Crippen molar-refractivity contribution in [2.45, 2.75) is 30.3 Å². The van der Waals surface area contributed by atoms with Gasteiger partial charge in [0.25, 0.3) is 5.91 Å². The minimum Gasteiger partial charge on any atom is -0.497 e. The molecule has 0 spiro atoms. The van der Waals surface area contributed by atoms with Crippen LogP contribution in [0.2, 0.25) is 0 Å². The fourth-order valence-corrected chi connectivity index (χ4v) is 6.12. The molecule has 11 heteroatoms. The monoisotopic (exact) mass is 475 g/mol. The first kappa shape index (κ1) is 22.3. The van der Waals surface area contributed by atoms with Crippen molar-refractivity contribution in [2.24, 2.45) is 11.8 Å². The molecule has 3 heterocycles. The average Bonchev–Trinajstić information content (AvgIpc) is 3.30. The van der Waals surface area contributed by atoms with Crippen molar-refractivity contribution >= 4 is 46.6 Å². The molecule has 4 rings (SSSR count). The van der Waals surface area contributed by atoms with Gasteiger partial charge in [-0.05, 0) is 19.1 Å². The number of hydrogen-bond acceptors (Lipinski definition) is 8. The Morgan fingerprint density at radius 1 is 1.38 bits per heavy atom. The summed E-state index contributed by atoms with van der Waals surface area (Å²) in [4.78, 5) is 43.0. The third kappa shape index (κ3) is 3.76. The number of methoxy groups -OCH3 is 1. The van der Waals surface area contributed by atoms with E-state index in [2.05, 4.69) is 10.3 Å². The van der Waals surface area contributed by atoms with Crippen molar-refractivity contribution in [1.82, 2.24) is 9.88 Å². The van der Waals surface area contributed by atoms with E-state index < -0.39 is 29.9 Å². The Balaban J connectivity index is 1.53. The molecule has 2 amide bonds. The first-order valence-corrected chi connectivity index (χ1v) is 11.5. The molecule has 1 fully saturated rings. The highest BCUT2D eigenvalue weighted by Gasteiger charge is 2.60. The highest BCUT2D eigenvalue weighted by Crippen LogP contribution is 2.52. The number of ether oxygens (including phenoxy) is 1. The number of β-lactam (4-membered cyclic amide) rings is 1. The van der Waals surface area contributed by atoms with E-state index in [9.17, 15) is 24.6 Å². The summed E-state index contributed by atoms with van der Waals surface area (Å²) in [6.45, 7) is 3.37. The Morgan fingerprint density at radius 3 is 2.78 bits per heavy atom. The van der Waals surface area contributed by atoms with Gasteiger partial charge in [-0.2, -0.15) is 0 Å². The Hall–Kier alpha value is -2.89. The molecule has 2 aromatic rings. The van der Waals surface area contributed by atoms with Gasteiger partial charge in [-0.3, -0.25) is 9.59 Å². The van der Waals surface area contributed by atoms with Gasteiger partial charge < -0.3 is 25.2 Å². The zero-order valence-corrected chi connectivity index (χ0v) is 19.1. The molecule has 1 aromatic carbocycles. The number of aliphatic hydroxyl groups excluding tert-OH is 1. The number of hydrogen-bond donors (Lipinski definition) is 3. The Kier molecular flexibility index (Phi) is 5.97. The standard InChI is InChI=1S/C21H21N3O6S2/c1-9-15-14(10(2)25)19(27)24(15)16(20(28)29)17(9)32-21-23-13(8-31-21)18(26)22-11-5-4-6-12(7-11)30-3/h4-10,14-15,25H,1-3H3,(H,22,26)(H,28,29)/t9-,10-,14-,15-/m1/s1. The molecule has 2 aliphatic heterocycles. The van der Waals surface area contributed by atoms with Gasteiger partial charge in [-0.1, -0.05) is 24.8 Å². The summed E-state index contributed by atoms with van der Waals surface area (Å²) < 4.78 is 5.64. The summed E-state index contributed by atoms with van der Waals surface area (Å²) in [5.41, 5.74) is 0.681. The van der Waals surface area contributed by atoms with Gasteiger partial charge in [-0.15, -0.1) is 11.3 Å². The summed E-state index contributed by atoms with van der Waals surface area (Å²) in [7, 11) is 1.54. The van der Waals surface area contributed by atoms with E-state index in [0.717, 1.165) is 11.8 Å². The normalized spacial score (nSPS) is 22.9. The smallest absolute Gasteiger partial charge is 0.353 e. The van der Waals surface area contributed by atoms with E-state index in [1.807, 2.05) is 6.92 Å². The Labute approximate surface area is 192 Å². The van der Waals surface area contributed by atoms with Gasteiger partial charge in [0.1, 0.15) is 17.1 Å². The topological polar surface area (TPSA) is 129 Å². The van der Waals surface area contributed by atoms with Crippen molar-refractivity contribution in [2.75, 3.05) is 12.4 Å². The second kappa shape index (κ2) is 8.57. The second-order valence-corrected chi connectivity index (χ2v) is 9.71. The maximum atomic E-state index is 12.6. The third-order valence-electron chi connectivity index (χ3n) is 5.55. The summed E-state index contributed by atoms with van der Waals surface area (Å²) in [6, 6.07) is 6.53. The number of carbonyl (C=O) groups excluding carboxylic acids is 2. The molecule has 168 valence electrons. The van der Waals surface area contributed by atoms with Crippen molar-refractivity contribution in [1.29, 1.82) is 0 Å². The van der Waals surface area contributed by atoms with E-state index in [4.69, 9.17) is 4.74 Å².